The van der Waals surface area contributed by atoms with Gasteiger partial charge >= 0.3 is 88.3 Å². The Labute approximate surface area is 86.9 Å². The maximum absolute atomic E-state index is 4.18. The Kier molecular flexibility index (Phi) is 3.62. The van der Waals surface area contributed by atoms with Gasteiger partial charge in [0.05, 0.1) is 0 Å². The average Bonchev–Trinajstić information content (AvgIpc) is 1.79. The second-order valence-corrected chi connectivity index (χ2v) is 5.07. The SMILES string of the molecule is [BaH][C]1=NC=CC=CC=C1. The molecule has 0 aromatic rings. The van der Waals surface area contributed by atoms with Gasteiger partial charge in [0.25, 0.3) is 0 Å². The van der Waals surface area contributed by atoms with Crippen LogP contribution in [-0.4, -0.2) is 46.7 Å². The van der Waals surface area contributed by atoms with E-state index in [1.807, 2.05) is 30.5 Å². The third kappa shape index (κ3) is 3.23. The molecule has 0 aliphatic carbocycles. The van der Waals surface area contributed by atoms with Crippen molar-refractivity contribution >= 4 is 46.7 Å². The first-order valence-electron chi connectivity index (χ1n) is 2.94. The van der Waals surface area contributed by atoms with E-state index in [-0.39, 0.29) is 0 Å². The van der Waals surface area contributed by atoms with Gasteiger partial charge < -0.3 is 0 Å². The van der Waals surface area contributed by atoms with Gasteiger partial charge in [0, 0.05) is 0 Å². The molecule has 0 unspecified atom stereocenters. The van der Waals surface area contributed by atoms with Crippen LogP contribution in [0, 0.1) is 0 Å². The normalized spacial score (nSPS) is 16.6. The summed E-state index contributed by atoms with van der Waals surface area (Å²) in [6.07, 6.45) is 11.9. The minimum atomic E-state index is 0.457. The molecule has 0 N–H and O–H groups in total. The van der Waals surface area contributed by atoms with Gasteiger partial charge in [-0.05, 0) is 0 Å². The Balaban J connectivity index is 2.77. The fraction of sp³-hybridized carbons (Fsp3) is 0. The van der Waals surface area contributed by atoms with Gasteiger partial charge in [-0.1, -0.05) is 0 Å². The first-order chi connectivity index (χ1) is 4.39. The van der Waals surface area contributed by atoms with Crippen LogP contribution in [0.3, 0.4) is 0 Å². The molecule has 0 fully saturated rings. The summed E-state index contributed by atoms with van der Waals surface area (Å²) in [6.45, 7) is 0. The number of aliphatic imine (C=N–C) groups is 1. The van der Waals surface area contributed by atoms with Crippen molar-refractivity contribution in [3.05, 3.63) is 36.6 Å². The zero-order valence-electron chi connectivity index (χ0n) is 5.41. The Morgan fingerprint density at radius 2 is 1.89 bits per heavy atom. The molecule has 0 amide bonds. The molecule has 1 heterocycles. The Morgan fingerprint density at radius 3 is 2.78 bits per heavy atom. The van der Waals surface area contributed by atoms with E-state index < -0.39 is 0 Å². The molecule has 2 heteroatoms. The summed E-state index contributed by atoms with van der Waals surface area (Å²) in [4.78, 5) is 4.18. The van der Waals surface area contributed by atoms with Crippen LogP contribution in [0.15, 0.2) is 41.6 Å². The number of hydrogen-bond donors (Lipinski definition) is 0. The van der Waals surface area contributed by atoms with Gasteiger partial charge in [0.2, 0.25) is 0 Å². The van der Waals surface area contributed by atoms with Crippen LogP contribution in [0.5, 0.6) is 0 Å². The van der Waals surface area contributed by atoms with Crippen molar-refractivity contribution in [1.82, 2.24) is 0 Å². The molecule has 1 aliphatic heterocycles. The third-order valence-electron chi connectivity index (χ3n) is 1.03. The predicted octanol–water partition coefficient (Wildman–Crippen LogP) is 0.925. The summed E-state index contributed by atoms with van der Waals surface area (Å²) in [5, 5.41) is 0. The summed E-state index contributed by atoms with van der Waals surface area (Å²) < 4.78 is 1.26. The molecule has 0 saturated heterocycles. The van der Waals surface area contributed by atoms with Crippen molar-refractivity contribution in [3.8, 4) is 0 Å². The van der Waals surface area contributed by atoms with Crippen molar-refractivity contribution in [2.75, 3.05) is 0 Å². The molecule has 0 aromatic heterocycles. The molecule has 0 radical (unpaired) electrons. The molecule has 9 heavy (non-hydrogen) atoms. The zero-order valence-corrected chi connectivity index (χ0v) is 11.7. The van der Waals surface area contributed by atoms with Crippen LogP contribution < -0.4 is 0 Å². The molecule has 42 valence electrons. The maximum atomic E-state index is 4.18. The van der Waals surface area contributed by atoms with Crippen LogP contribution in [0.2, 0.25) is 0 Å². The average molecular weight is 242 g/mol. The minimum absolute atomic E-state index is 0.457. The van der Waals surface area contributed by atoms with Gasteiger partial charge in [-0.2, -0.15) is 0 Å². The molecule has 0 saturated carbocycles. The third-order valence-corrected chi connectivity index (χ3v) is 2.89. The Hall–Kier alpha value is 0.461. The van der Waals surface area contributed by atoms with Crippen LogP contribution in [0.1, 0.15) is 0 Å². The van der Waals surface area contributed by atoms with Gasteiger partial charge in [0.15, 0.2) is 0 Å². The summed E-state index contributed by atoms with van der Waals surface area (Å²) in [5.74, 6) is 0. The second-order valence-electron chi connectivity index (χ2n) is 1.86. The summed E-state index contributed by atoms with van der Waals surface area (Å²) >= 11 is 0.457. The Bertz CT molecular complexity index is 199. The van der Waals surface area contributed by atoms with E-state index in [0.717, 1.165) is 0 Å². The molecule has 1 aliphatic rings. The second kappa shape index (κ2) is 4.30. The van der Waals surface area contributed by atoms with Gasteiger partial charge in [-0.25, -0.2) is 0 Å². The van der Waals surface area contributed by atoms with Gasteiger partial charge in [0.1, 0.15) is 0 Å². The topological polar surface area (TPSA) is 12.4 Å². The van der Waals surface area contributed by atoms with Gasteiger partial charge in [-0.3, -0.25) is 0 Å². The van der Waals surface area contributed by atoms with E-state index >= 15 is 0 Å². The van der Waals surface area contributed by atoms with E-state index in [0.29, 0.717) is 46.5 Å². The molecule has 0 bridgehead atoms. The number of rotatable bonds is 0. The van der Waals surface area contributed by atoms with Crippen LogP contribution in [-0.2, 0) is 0 Å². The Morgan fingerprint density at radius 1 is 1.11 bits per heavy atom. The zero-order chi connectivity index (χ0) is 6.53. The van der Waals surface area contributed by atoms with E-state index in [1.165, 1.54) is 0.180 Å². The molecule has 0 atom stereocenters. The van der Waals surface area contributed by atoms with E-state index in [9.17, 15) is 0 Å². The van der Waals surface area contributed by atoms with Crippen LogP contribution >= 0.6 is 0 Å². The van der Waals surface area contributed by atoms with E-state index in [1.54, 1.807) is 0 Å². The standard InChI is InChI=1S/C7H6N.Ba.H/c1-2-4-6-8-7-5-3-1;;/h1-6H;;. The van der Waals surface area contributed by atoms with E-state index in [4.69, 9.17) is 0 Å². The monoisotopic (exact) mass is 243 g/mol. The molecule has 0 aromatic carbocycles. The first-order valence-corrected chi connectivity index (χ1v) is 6.08. The summed E-state index contributed by atoms with van der Waals surface area (Å²) in [7, 11) is 0. The first kappa shape index (κ1) is 7.57. The molecule has 0 spiro atoms. The van der Waals surface area contributed by atoms with Gasteiger partial charge in [-0.15, -0.1) is 0 Å². The van der Waals surface area contributed by atoms with E-state index in [2.05, 4.69) is 11.1 Å². The van der Waals surface area contributed by atoms with Crippen molar-refractivity contribution < 1.29 is 0 Å². The summed E-state index contributed by atoms with van der Waals surface area (Å²) in [5.41, 5.74) is 0. The number of hydrogen-bond acceptors (Lipinski definition) is 1. The summed E-state index contributed by atoms with van der Waals surface area (Å²) in [6, 6.07) is 0. The van der Waals surface area contributed by atoms with Crippen LogP contribution in [0.25, 0.3) is 0 Å². The fourth-order valence-corrected chi connectivity index (χ4v) is 1.65. The molecular weight excluding hydrogens is 235 g/mol. The molecule has 1 nitrogen and oxygen atoms in total. The molecular formula is C7H7BaN. The fourth-order valence-electron chi connectivity index (χ4n) is 0.576. The van der Waals surface area contributed by atoms with Crippen molar-refractivity contribution in [2.45, 2.75) is 0 Å². The van der Waals surface area contributed by atoms with Crippen molar-refractivity contribution in [2.24, 2.45) is 4.99 Å². The quantitative estimate of drug-likeness (QED) is 0.560. The predicted molar refractivity (Wildman–Crippen MR) is 42.0 cm³/mol. The van der Waals surface area contributed by atoms with Crippen LogP contribution in [0.4, 0.5) is 0 Å². The van der Waals surface area contributed by atoms with Crippen molar-refractivity contribution in [3.63, 3.8) is 0 Å². The van der Waals surface area contributed by atoms with Crippen molar-refractivity contribution in [1.29, 1.82) is 0 Å². The molecule has 1 rings (SSSR count). The number of allylic oxidation sites excluding steroid dienone is 5. The number of nitrogens with zero attached hydrogens (tertiary/aromatic N) is 1.